The van der Waals surface area contributed by atoms with E-state index < -0.39 is 12.5 Å². The van der Waals surface area contributed by atoms with Crippen LogP contribution in [0.3, 0.4) is 0 Å². The van der Waals surface area contributed by atoms with Gasteiger partial charge in [0.25, 0.3) is 5.92 Å². The van der Waals surface area contributed by atoms with E-state index >= 15 is 0 Å². The third-order valence-electron chi connectivity index (χ3n) is 2.00. The summed E-state index contributed by atoms with van der Waals surface area (Å²) in [5.74, 6) is -2.76. The van der Waals surface area contributed by atoms with E-state index in [-0.39, 0.29) is 11.9 Å². The highest BCUT2D eigenvalue weighted by molar-refractivity contribution is 5.09. The molecule has 16 heavy (non-hydrogen) atoms. The van der Waals surface area contributed by atoms with Crippen molar-refractivity contribution in [1.29, 1.82) is 0 Å². The van der Waals surface area contributed by atoms with Gasteiger partial charge in [-0.3, -0.25) is 4.98 Å². The molecule has 1 aromatic rings. The van der Waals surface area contributed by atoms with E-state index in [9.17, 15) is 8.78 Å². The normalized spacial score (nSPS) is 13.6. The Bertz CT molecular complexity index is 324. The number of hydrogen-bond acceptors (Lipinski definition) is 4. The van der Waals surface area contributed by atoms with Crippen LogP contribution in [0.2, 0.25) is 0 Å². The first kappa shape index (κ1) is 12.8. The Balaban J connectivity index is 2.58. The molecule has 1 N–H and O–H groups in total. The second-order valence-corrected chi connectivity index (χ2v) is 3.65. The molecule has 90 valence electrons. The van der Waals surface area contributed by atoms with E-state index in [4.69, 9.17) is 4.74 Å². The summed E-state index contributed by atoms with van der Waals surface area (Å²) in [6.07, 6.45) is 2.85. The van der Waals surface area contributed by atoms with E-state index in [0.29, 0.717) is 0 Å². The van der Waals surface area contributed by atoms with Crippen LogP contribution in [-0.4, -0.2) is 29.5 Å². The Kier molecular flexibility index (Phi) is 4.12. The van der Waals surface area contributed by atoms with Crippen LogP contribution in [0.5, 0.6) is 5.88 Å². The molecular weight excluding hydrogens is 216 g/mol. The van der Waals surface area contributed by atoms with Gasteiger partial charge in [-0.25, -0.2) is 13.8 Å². The van der Waals surface area contributed by atoms with Crippen LogP contribution in [0.4, 0.5) is 8.78 Å². The summed E-state index contributed by atoms with van der Waals surface area (Å²) in [7, 11) is 1.80. The van der Waals surface area contributed by atoms with Crippen molar-refractivity contribution in [1.82, 2.24) is 15.3 Å². The number of nitrogens with one attached hydrogen (secondary N) is 1. The van der Waals surface area contributed by atoms with Crippen LogP contribution in [0.25, 0.3) is 0 Å². The zero-order valence-electron chi connectivity index (χ0n) is 9.50. The molecule has 1 heterocycles. The second kappa shape index (κ2) is 5.16. The van der Waals surface area contributed by atoms with Crippen molar-refractivity contribution in [3.63, 3.8) is 0 Å². The average molecular weight is 231 g/mol. The van der Waals surface area contributed by atoms with Crippen LogP contribution in [0, 0.1) is 0 Å². The topological polar surface area (TPSA) is 47.0 Å². The van der Waals surface area contributed by atoms with Crippen LogP contribution >= 0.6 is 0 Å². The number of nitrogens with zero attached hydrogens (tertiary/aromatic N) is 2. The highest BCUT2D eigenvalue weighted by atomic mass is 19.3. The molecule has 1 rings (SSSR count). The van der Waals surface area contributed by atoms with E-state index in [2.05, 4.69) is 15.3 Å². The molecule has 6 heteroatoms. The highest BCUT2D eigenvalue weighted by Crippen LogP contribution is 2.15. The van der Waals surface area contributed by atoms with Crippen molar-refractivity contribution in [2.45, 2.75) is 25.8 Å². The predicted octanol–water partition coefficient (Wildman–Crippen LogP) is 1.79. The van der Waals surface area contributed by atoms with Crippen molar-refractivity contribution in [2.24, 2.45) is 0 Å². The average Bonchev–Trinajstić information content (AvgIpc) is 2.25. The Morgan fingerprint density at radius 2 is 2.12 bits per heavy atom. The van der Waals surface area contributed by atoms with Crippen LogP contribution in [0.15, 0.2) is 12.4 Å². The lowest BCUT2D eigenvalue weighted by Gasteiger charge is -2.12. The van der Waals surface area contributed by atoms with Crippen molar-refractivity contribution < 1.29 is 13.5 Å². The smallest absolute Gasteiger partial charge is 0.278 e. The number of hydrogen-bond donors (Lipinski definition) is 1. The summed E-state index contributed by atoms with van der Waals surface area (Å²) >= 11 is 0. The molecule has 0 aromatic carbocycles. The van der Waals surface area contributed by atoms with Gasteiger partial charge in [0.05, 0.1) is 18.1 Å². The van der Waals surface area contributed by atoms with E-state index in [1.54, 1.807) is 7.05 Å². The summed E-state index contributed by atoms with van der Waals surface area (Å²) in [6.45, 7) is 2.02. The maximum atomic E-state index is 12.5. The fraction of sp³-hybridized carbons (Fsp3) is 0.600. The lowest BCUT2D eigenvalue weighted by Crippen LogP contribution is -2.21. The standard InChI is InChI=1S/C10H15F2N3O/c1-7(13-3)8-4-15-9(5-14-8)16-6-10(2,11)12/h4-5,7,13H,6H2,1-3H3. The lowest BCUT2D eigenvalue weighted by molar-refractivity contribution is -0.0243. The second-order valence-electron chi connectivity index (χ2n) is 3.65. The first-order valence-electron chi connectivity index (χ1n) is 4.92. The molecule has 0 bridgehead atoms. The van der Waals surface area contributed by atoms with Crippen LogP contribution in [0.1, 0.15) is 25.6 Å². The molecule has 0 radical (unpaired) electrons. The minimum absolute atomic E-state index is 0.0640. The Morgan fingerprint density at radius 1 is 1.44 bits per heavy atom. The Labute approximate surface area is 93.1 Å². The van der Waals surface area contributed by atoms with Crippen LogP contribution in [-0.2, 0) is 0 Å². The maximum absolute atomic E-state index is 12.5. The van der Waals surface area contributed by atoms with Gasteiger partial charge in [0.1, 0.15) is 0 Å². The summed E-state index contributed by atoms with van der Waals surface area (Å²) < 4.78 is 29.8. The van der Waals surface area contributed by atoms with Gasteiger partial charge in [-0.15, -0.1) is 0 Å². The third kappa shape index (κ3) is 4.06. The quantitative estimate of drug-likeness (QED) is 0.839. The number of alkyl halides is 2. The van der Waals surface area contributed by atoms with Gasteiger partial charge < -0.3 is 10.1 Å². The van der Waals surface area contributed by atoms with Gasteiger partial charge in [-0.05, 0) is 14.0 Å². The third-order valence-corrected chi connectivity index (χ3v) is 2.00. The molecule has 0 fully saturated rings. The van der Waals surface area contributed by atoms with Gasteiger partial charge >= 0.3 is 0 Å². The molecule has 0 spiro atoms. The maximum Gasteiger partial charge on any atom is 0.278 e. The first-order valence-corrected chi connectivity index (χ1v) is 4.92. The fourth-order valence-electron chi connectivity index (χ4n) is 0.973. The van der Waals surface area contributed by atoms with E-state index in [1.165, 1.54) is 12.4 Å². The van der Waals surface area contributed by atoms with Gasteiger partial charge in [-0.1, -0.05) is 0 Å². The highest BCUT2D eigenvalue weighted by Gasteiger charge is 2.22. The van der Waals surface area contributed by atoms with Gasteiger partial charge in [-0.2, -0.15) is 0 Å². The molecule has 0 aliphatic rings. The Morgan fingerprint density at radius 3 is 2.56 bits per heavy atom. The number of ether oxygens (including phenoxy) is 1. The molecule has 4 nitrogen and oxygen atoms in total. The molecule has 1 atom stereocenters. The monoisotopic (exact) mass is 231 g/mol. The molecule has 0 saturated heterocycles. The summed E-state index contributed by atoms with van der Waals surface area (Å²) in [5.41, 5.74) is 0.734. The molecule has 0 saturated carbocycles. The van der Waals surface area contributed by atoms with E-state index in [0.717, 1.165) is 12.6 Å². The van der Waals surface area contributed by atoms with Crippen molar-refractivity contribution >= 4 is 0 Å². The van der Waals surface area contributed by atoms with Crippen molar-refractivity contribution in [2.75, 3.05) is 13.7 Å². The number of aromatic nitrogens is 2. The van der Waals surface area contributed by atoms with Gasteiger partial charge in [0.15, 0.2) is 6.61 Å². The predicted molar refractivity (Wildman–Crippen MR) is 55.6 cm³/mol. The zero-order chi connectivity index (χ0) is 12.2. The fourth-order valence-corrected chi connectivity index (χ4v) is 0.973. The van der Waals surface area contributed by atoms with Gasteiger partial charge in [0.2, 0.25) is 5.88 Å². The number of halogens is 2. The molecule has 0 aliphatic carbocycles. The first-order chi connectivity index (χ1) is 7.42. The SMILES string of the molecule is CNC(C)c1cnc(OCC(C)(F)F)cn1. The number of rotatable bonds is 5. The van der Waals surface area contributed by atoms with Gasteiger partial charge in [0, 0.05) is 13.0 Å². The summed E-state index contributed by atoms with van der Waals surface area (Å²) in [4.78, 5) is 7.95. The lowest BCUT2D eigenvalue weighted by atomic mass is 10.2. The minimum Gasteiger partial charge on any atom is -0.470 e. The molecule has 0 aliphatic heterocycles. The summed E-state index contributed by atoms with van der Waals surface area (Å²) in [6, 6.07) is 0.0640. The largest absolute Gasteiger partial charge is 0.470 e. The Hall–Kier alpha value is -1.30. The molecule has 0 amide bonds. The minimum atomic E-state index is -2.86. The van der Waals surface area contributed by atoms with Crippen molar-refractivity contribution in [3.8, 4) is 5.88 Å². The zero-order valence-corrected chi connectivity index (χ0v) is 9.50. The summed E-state index contributed by atoms with van der Waals surface area (Å²) in [5, 5.41) is 2.99. The molecule has 1 aromatic heterocycles. The molecule has 1 unspecified atom stereocenters. The molecular formula is C10H15F2N3O. The van der Waals surface area contributed by atoms with E-state index in [1.807, 2.05) is 6.92 Å². The van der Waals surface area contributed by atoms with Crippen LogP contribution < -0.4 is 10.1 Å². The van der Waals surface area contributed by atoms with Crippen molar-refractivity contribution in [3.05, 3.63) is 18.1 Å².